The molecule has 0 saturated carbocycles. The Morgan fingerprint density at radius 3 is 1.76 bits per heavy atom. The first-order valence-corrected chi connectivity index (χ1v) is 13.0. The fourth-order valence-electron chi connectivity index (χ4n) is 4.09. The van der Waals surface area contributed by atoms with Crippen molar-refractivity contribution in [2.75, 3.05) is 0 Å². The van der Waals surface area contributed by atoms with E-state index in [-0.39, 0.29) is 10.8 Å². The molecule has 0 aliphatic heterocycles. The zero-order valence-corrected chi connectivity index (χ0v) is 21.6. The molecular formula is C26H30O5P2+2. The second kappa shape index (κ2) is 9.54. The van der Waals surface area contributed by atoms with Crippen molar-refractivity contribution in [1.82, 2.24) is 0 Å². The zero-order valence-electron chi connectivity index (χ0n) is 19.8. The lowest BCUT2D eigenvalue weighted by Crippen LogP contribution is -2.17. The van der Waals surface area contributed by atoms with Gasteiger partial charge in [-0.05, 0) is 54.0 Å². The topological polar surface area (TPSA) is 83.8 Å². The molecule has 0 amide bonds. The van der Waals surface area contributed by atoms with Crippen LogP contribution in [-0.4, -0.2) is 9.79 Å². The van der Waals surface area contributed by atoms with E-state index in [9.17, 15) is 9.13 Å². The van der Waals surface area contributed by atoms with Gasteiger partial charge in [-0.2, -0.15) is 0 Å². The molecule has 2 atom stereocenters. The van der Waals surface area contributed by atoms with E-state index in [1.165, 1.54) is 43.1 Å². The highest BCUT2D eigenvalue weighted by Gasteiger charge is 2.31. The van der Waals surface area contributed by atoms with Crippen LogP contribution in [0.5, 0.6) is 0 Å². The smallest absolute Gasteiger partial charge is 0.131 e. The van der Waals surface area contributed by atoms with Crippen LogP contribution in [0, 0.1) is 20.9 Å². The Hall–Kier alpha value is -2.26. The van der Waals surface area contributed by atoms with Crippen LogP contribution in [0.1, 0.15) is 52.7 Å². The molecular weight excluding hydrogens is 454 g/mol. The van der Waals surface area contributed by atoms with Gasteiger partial charge in [0.25, 0.3) is 0 Å². The fraction of sp³-hybridized carbons (Fsp3) is 0.308. The number of hydrogen-bond donors (Lipinski definition) is 2. The molecule has 4 rings (SSSR count). The average Bonchev–Trinajstić information content (AvgIpc) is 2.69. The second-order valence-corrected chi connectivity index (χ2v) is 11.7. The van der Waals surface area contributed by atoms with Crippen LogP contribution in [-0.2, 0) is 24.3 Å². The Morgan fingerprint density at radius 2 is 1.24 bits per heavy atom. The van der Waals surface area contributed by atoms with Gasteiger partial charge in [0, 0.05) is 9.13 Å². The van der Waals surface area contributed by atoms with Gasteiger partial charge in [-0.1, -0.05) is 102 Å². The molecule has 0 spiro atoms. The number of fused-ring (bicyclic) bond motifs is 2. The van der Waals surface area contributed by atoms with Crippen LogP contribution < -0.4 is 0 Å². The number of hydrogen-bond acceptors (Lipinski definition) is 3. The lowest BCUT2D eigenvalue weighted by atomic mass is 9.76. The predicted octanol–water partition coefficient (Wildman–Crippen LogP) is 7.14. The fourth-order valence-corrected chi connectivity index (χ4v) is 4.57. The van der Waals surface area contributed by atoms with E-state index in [0.29, 0.717) is 0 Å². The maximum absolute atomic E-state index is 9.39. The molecule has 172 valence electrons. The maximum atomic E-state index is 9.39. The van der Waals surface area contributed by atoms with Crippen molar-refractivity contribution in [3.63, 3.8) is 0 Å². The third kappa shape index (κ3) is 5.63. The summed E-state index contributed by atoms with van der Waals surface area (Å²) in [6.07, 6.45) is 0. The van der Waals surface area contributed by atoms with Crippen LogP contribution in [0.3, 0.4) is 0 Å². The Kier molecular flexibility index (Phi) is 7.33. The van der Waals surface area contributed by atoms with E-state index in [4.69, 9.17) is 9.79 Å². The molecule has 1 aliphatic carbocycles. The molecule has 3 aromatic rings. The Labute approximate surface area is 196 Å². The van der Waals surface area contributed by atoms with Crippen LogP contribution in [0.4, 0.5) is 0 Å². The molecule has 0 saturated heterocycles. The Bertz CT molecular complexity index is 1400. The molecule has 2 unspecified atom stereocenters. The standard InChI is InChI=1S/C26H28.O5P2/c1-25(2,3)17-14-15-19(23(16-17)26(4,5)6)22-13-9-12-21-18-10-7-8-11-20(18)24(21)22;1-6(2)5-7(3)4/h7-16H,1-6H3;/p+2. The molecule has 33 heavy (non-hydrogen) atoms. The summed E-state index contributed by atoms with van der Waals surface area (Å²) in [7, 11) is -5.85. The highest BCUT2D eigenvalue weighted by Crippen LogP contribution is 2.38. The Balaban J connectivity index is 0.000000383. The average molecular weight is 484 g/mol. The van der Waals surface area contributed by atoms with Crippen molar-refractivity contribution in [1.29, 1.82) is 0 Å². The maximum Gasteiger partial charge on any atom is 0.745 e. The number of rotatable bonds is 3. The molecule has 0 fully saturated rings. The first-order valence-electron chi connectivity index (χ1n) is 10.7. The molecule has 2 N–H and O–H groups in total. The van der Waals surface area contributed by atoms with Gasteiger partial charge in [0.2, 0.25) is 0 Å². The molecule has 0 radical (unpaired) electrons. The van der Waals surface area contributed by atoms with Gasteiger partial charge in [0.1, 0.15) is 0 Å². The summed E-state index contributed by atoms with van der Waals surface area (Å²) < 4.78 is 22.2. The van der Waals surface area contributed by atoms with E-state index in [0.717, 1.165) is 0 Å². The first-order chi connectivity index (χ1) is 15.3. The largest absolute Gasteiger partial charge is 0.745 e. The quantitative estimate of drug-likeness (QED) is 0.302. The summed E-state index contributed by atoms with van der Waals surface area (Å²) in [6, 6.07) is 22.6. The summed E-state index contributed by atoms with van der Waals surface area (Å²) in [5, 5.41) is 5.57. The van der Waals surface area contributed by atoms with Crippen molar-refractivity contribution in [2.45, 2.75) is 52.4 Å². The van der Waals surface area contributed by atoms with Crippen molar-refractivity contribution in [3.8, 4) is 11.1 Å². The summed E-state index contributed by atoms with van der Waals surface area (Å²) in [4.78, 5) is 15.3. The lowest BCUT2D eigenvalue weighted by Gasteiger charge is -2.28. The van der Waals surface area contributed by atoms with E-state index >= 15 is 0 Å². The zero-order chi connectivity index (χ0) is 24.6. The summed E-state index contributed by atoms with van der Waals surface area (Å²) in [5.41, 5.74) is 5.84. The predicted molar refractivity (Wildman–Crippen MR) is 132 cm³/mol. The van der Waals surface area contributed by atoms with Crippen LogP contribution >= 0.6 is 16.5 Å². The van der Waals surface area contributed by atoms with Gasteiger partial charge in [0.05, 0.1) is 0 Å². The van der Waals surface area contributed by atoms with Crippen molar-refractivity contribution in [3.05, 3.63) is 92.7 Å². The van der Waals surface area contributed by atoms with E-state index in [2.05, 4.69) is 107 Å². The second-order valence-electron chi connectivity index (χ2n) is 10.1. The van der Waals surface area contributed by atoms with Gasteiger partial charge in [0.15, 0.2) is 4.31 Å². The highest BCUT2D eigenvalue weighted by molar-refractivity contribution is 7.46. The molecule has 0 bridgehead atoms. The minimum atomic E-state index is -2.92. The van der Waals surface area contributed by atoms with Crippen LogP contribution in [0.15, 0.2) is 60.7 Å². The molecule has 5 nitrogen and oxygen atoms in total. The summed E-state index contributed by atoms with van der Waals surface area (Å²) >= 11 is 0. The van der Waals surface area contributed by atoms with Crippen molar-refractivity contribution >= 4 is 16.5 Å². The van der Waals surface area contributed by atoms with Crippen LogP contribution in [0.2, 0.25) is 0 Å². The molecule has 0 aromatic heterocycles. The van der Waals surface area contributed by atoms with E-state index in [1.807, 2.05) is 0 Å². The van der Waals surface area contributed by atoms with E-state index < -0.39 is 16.5 Å². The van der Waals surface area contributed by atoms with Crippen molar-refractivity contribution < 1.29 is 23.2 Å². The van der Waals surface area contributed by atoms with Gasteiger partial charge in [-0.25, -0.2) is 0 Å². The van der Waals surface area contributed by atoms with Gasteiger partial charge in [-0.15, -0.1) is 9.79 Å². The van der Waals surface area contributed by atoms with E-state index in [1.54, 1.807) is 0 Å². The van der Waals surface area contributed by atoms with Gasteiger partial charge >= 0.3 is 16.5 Å². The number of benzene rings is 3. The monoisotopic (exact) mass is 484 g/mol. The highest BCUT2D eigenvalue weighted by atomic mass is 31.2. The summed E-state index contributed by atoms with van der Waals surface area (Å²) in [5.74, 6) is 0. The summed E-state index contributed by atoms with van der Waals surface area (Å²) in [6.45, 7) is 13.8. The normalized spacial score (nSPS) is 13.1. The lowest BCUT2D eigenvalue weighted by molar-refractivity contribution is 0.371. The third-order valence-electron chi connectivity index (χ3n) is 5.67. The van der Waals surface area contributed by atoms with Gasteiger partial charge in [-0.3, -0.25) is 0 Å². The van der Waals surface area contributed by atoms with Crippen molar-refractivity contribution in [2.24, 2.45) is 0 Å². The molecule has 0 heterocycles. The Morgan fingerprint density at radius 1 is 0.667 bits per heavy atom. The first kappa shape index (κ1) is 25.4. The minimum absolute atomic E-state index is 0.0998. The third-order valence-corrected chi connectivity index (χ3v) is 6.79. The molecule has 3 aromatic carbocycles. The molecule has 1 aliphatic rings. The minimum Gasteiger partial charge on any atom is -0.131 e. The van der Waals surface area contributed by atoms with Crippen LogP contribution in [0.25, 0.3) is 11.1 Å². The SMILES string of the molecule is CC(C)(C)c1ccc(-c2cccc3c2=c2ccccc2=3)c(C(C)(C)C)c1.O=[P+](O)O[P+](=O)O. The molecule has 7 heteroatoms. The van der Waals surface area contributed by atoms with Gasteiger partial charge < -0.3 is 0 Å².